The predicted molar refractivity (Wildman–Crippen MR) is 274 cm³/mol. The van der Waals surface area contributed by atoms with E-state index in [0.717, 1.165) is 16.7 Å². The predicted octanol–water partition coefficient (Wildman–Crippen LogP) is 8.74. The van der Waals surface area contributed by atoms with Crippen LogP contribution in [-0.2, 0) is 67.2 Å². The quantitative estimate of drug-likeness (QED) is 0.0503. The number of ether oxygens (including phenoxy) is 10. The average molecular weight is 1030 g/mol. The zero-order chi connectivity index (χ0) is 52.5. The third-order valence-electron chi connectivity index (χ3n) is 12.7. The van der Waals surface area contributed by atoms with Crippen LogP contribution < -0.4 is 0 Å². The lowest BCUT2D eigenvalue weighted by Gasteiger charge is -2.45. The van der Waals surface area contributed by atoms with E-state index in [2.05, 4.69) is 0 Å². The van der Waals surface area contributed by atoms with Crippen molar-refractivity contribution in [2.45, 2.75) is 74.6 Å². The van der Waals surface area contributed by atoms with Crippen molar-refractivity contribution in [1.29, 1.82) is 0 Å². The zero-order valence-electron chi connectivity index (χ0n) is 41.2. The van der Waals surface area contributed by atoms with Crippen molar-refractivity contribution in [2.75, 3.05) is 19.8 Å². The Labute approximate surface area is 439 Å². The molecule has 9 rings (SSSR count). The van der Waals surface area contributed by atoms with Gasteiger partial charge in [-0.2, -0.15) is 0 Å². The molecule has 0 aromatic heterocycles. The van der Waals surface area contributed by atoms with Crippen LogP contribution in [0, 0.1) is 0 Å². The molecule has 0 aliphatic carbocycles. The Balaban J connectivity index is 1.11. The highest BCUT2D eigenvalue weighted by Crippen LogP contribution is 2.40. The third-order valence-corrected chi connectivity index (χ3v) is 12.7. The molecule has 0 amide bonds. The van der Waals surface area contributed by atoms with Crippen molar-refractivity contribution in [1.82, 2.24) is 0 Å². The summed E-state index contributed by atoms with van der Waals surface area (Å²) >= 11 is 0. The Hall–Kier alpha value is -7.86. The van der Waals surface area contributed by atoms with Crippen LogP contribution in [0.2, 0.25) is 0 Å². The first-order valence-corrected chi connectivity index (χ1v) is 24.8. The van der Waals surface area contributed by atoms with Crippen molar-refractivity contribution in [3.05, 3.63) is 251 Å². The lowest BCUT2D eigenvalue weighted by Crippen LogP contribution is -2.62. The van der Waals surface area contributed by atoms with Crippen molar-refractivity contribution in [2.24, 2.45) is 0 Å². The van der Waals surface area contributed by atoms with Crippen LogP contribution in [-0.4, -0.2) is 104 Å². The number of aliphatic hydroxyl groups is 1. The fraction of sp³-hybridized carbons (Fsp3) is 0.246. The first kappa shape index (κ1) is 53.0. The minimum absolute atomic E-state index is 0.0536. The van der Waals surface area contributed by atoms with Gasteiger partial charge in [-0.15, -0.1) is 0 Å². The first-order valence-electron chi connectivity index (χ1n) is 24.8. The number of esters is 4. The number of rotatable bonds is 22. The zero-order valence-corrected chi connectivity index (χ0v) is 41.2. The van der Waals surface area contributed by atoms with Gasteiger partial charge in [0.05, 0.1) is 48.7 Å². The normalized spacial score (nSPS) is 23.0. The fourth-order valence-corrected chi connectivity index (χ4v) is 8.82. The number of aliphatic hydroxyl groups excluding tert-OH is 1. The number of hydrogen-bond acceptors (Lipinski definition) is 15. The molecule has 7 aromatic carbocycles. The van der Waals surface area contributed by atoms with E-state index in [0.29, 0.717) is 0 Å². The van der Waals surface area contributed by atoms with Crippen LogP contribution in [0.5, 0.6) is 0 Å². The molecule has 390 valence electrons. The monoisotopic (exact) mass is 1030 g/mol. The molecule has 0 saturated carbocycles. The van der Waals surface area contributed by atoms with Gasteiger partial charge in [0.15, 0.2) is 18.5 Å². The summed E-state index contributed by atoms with van der Waals surface area (Å²) in [5.74, 6) is -5.66. The van der Waals surface area contributed by atoms with Gasteiger partial charge in [0, 0.05) is 0 Å². The molecule has 0 unspecified atom stereocenters. The Morgan fingerprint density at radius 1 is 0.408 bits per heavy atom. The summed E-state index contributed by atoms with van der Waals surface area (Å²) in [5, 5.41) is 12.0. The number of carbonyl (C=O) groups is 4. The van der Waals surface area contributed by atoms with E-state index in [-0.39, 0.29) is 42.1 Å². The van der Waals surface area contributed by atoms with E-state index in [1.165, 1.54) is 24.3 Å². The van der Waals surface area contributed by atoms with Crippen LogP contribution >= 0.6 is 0 Å². The second kappa shape index (κ2) is 26.1. The van der Waals surface area contributed by atoms with Gasteiger partial charge >= 0.3 is 23.9 Å². The highest BCUT2D eigenvalue weighted by atomic mass is 16.8. The van der Waals surface area contributed by atoms with Crippen LogP contribution in [0.25, 0.3) is 0 Å². The molecule has 2 heterocycles. The molecule has 0 bridgehead atoms. The standard InChI is InChI=1S/C61H56O15/c62-56(45-28-14-4-15-29-45)70-39-50-52(74-58(64)47-32-18-6-19-33-47)55(75-59(65)48-34-20-7-21-35-48)61(76-50,41-71-57(63)46-30-16-5-17-31-46)72-40-49-51(67-36-42-22-8-1-9-23-42)53(68-37-43-24-10-2-11-25-43)54(60(66)73-49)69-38-44-26-12-3-13-27-44/h1-35,49-55,60,66H,36-41H2/t49-,50-,51-,52-,53+,54-,55+,60+,61+/m1/s1. The second-order valence-electron chi connectivity index (χ2n) is 18.0. The molecular formula is C61H56O15. The Morgan fingerprint density at radius 3 is 1.25 bits per heavy atom. The number of benzene rings is 7. The maximum Gasteiger partial charge on any atom is 0.338 e. The topological polar surface area (TPSA) is 181 Å². The molecule has 0 radical (unpaired) electrons. The minimum Gasteiger partial charge on any atom is -0.459 e. The van der Waals surface area contributed by atoms with Gasteiger partial charge in [0.25, 0.3) is 0 Å². The highest BCUT2D eigenvalue weighted by molar-refractivity contribution is 5.91. The summed E-state index contributed by atoms with van der Waals surface area (Å²) in [6.45, 7) is -1.68. The van der Waals surface area contributed by atoms with E-state index in [1.807, 2.05) is 91.0 Å². The summed E-state index contributed by atoms with van der Waals surface area (Å²) in [5.41, 5.74) is 3.10. The van der Waals surface area contributed by atoms with Gasteiger partial charge in [-0.1, -0.05) is 164 Å². The Kier molecular flexibility index (Phi) is 18.2. The summed E-state index contributed by atoms with van der Waals surface area (Å²) in [4.78, 5) is 56.1. The molecule has 1 N–H and O–H groups in total. The van der Waals surface area contributed by atoms with Crippen molar-refractivity contribution < 1.29 is 71.7 Å². The Morgan fingerprint density at radius 2 is 0.789 bits per heavy atom. The first-order chi connectivity index (χ1) is 37.2. The van der Waals surface area contributed by atoms with E-state index >= 15 is 0 Å². The molecule has 2 aliphatic rings. The van der Waals surface area contributed by atoms with E-state index < -0.39 is 98.5 Å². The van der Waals surface area contributed by atoms with Crippen LogP contribution in [0.3, 0.4) is 0 Å². The van der Waals surface area contributed by atoms with Gasteiger partial charge in [0.1, 0.15) is 43.7 Å². The summed E-state index contributed by atoms with van der Waals surface area (Å²) in [7, 11) is 0. The highest BCUT2D eigenvalue weighted by Gasteiger charge is 2.63. The van der Waals surface area contributed by atoms with E-state index in [1.54, 1.807) is 97.1 Å². The van der Waals surface area contributed by atoms with Crippen LogP contribution in [0.15, 0.2) is 212 Å². The maximum atomic E-state index is 14.4. The van der Waals surface area contributed by atoms with Gasteiger partial charge in [0.2, 0.25) is 5.79 Å². The second-order valence-corrected chi connectivity index (χ2v) is 18.0. The molecule has 2 fully saturated rings. The van der Waals surface area contributed by atoms with E-state index in [9.17, 15) is 24.3 Å². The third kappa shape index (κ3) is 13.7. The number of hydrogen-bond donors (Lipinski definition) is 1. The van der Waals surface area contributed by atoms with Gasteiger partial charge in [-0.25, -0.2) is 19.2 Å². The molecule has 7 aromatic rings. The Bertz CT molecular complexity index is 2920. The van der Waals surface area contributed by atoms with Gasteiger partial charge in [-0.3, -0.25) is 0 Å². The van der Waals surface area contributed by atoms with Gasteiger partial charge in [-0.05, 0) is 65.2 Å². The smallest absolute Gasteiger partial charge is 0.338 e. The summed E-state index contributed by atoms with van der Waals surface area (Å²) in [6.07, 6.45) is -10.9. The number of carbonyl (C=O) groups excluding carboxylic acids is 4. The average Bonchev–Trinajstić information content (AvgIpc) is 3.77. The van der Waals surface area contributed by atoms with Crippen LogP contribution in [0.1, 0.15) is 58.1 Å². The fourth-order valence-electron chi connectivity index (χ4n) is 8.82. The molecule has 2 saturated heterocycles. The van der Waals surface area contributed by atoms with E-state index in [4.69, 9.17) is 47.4 Å². The summed E-state index contributed by atoms with van der Waals surface area (Å²) < 4.78 is 64.5. The lowest BCUT2D eigenvalue weighted by molar-refractivity contribution is -0.337. The SMILES string of the molecule is O=C(OC[C@H]1O[C@](COC(=O)c2ccccc2)(OC[C@H]2O[C@H](O)[C@H](OCc3ccccc3)[C@@H](OCc3ccccc3)[C@@H]2OCc2ccccc2)[C@@H](OC(=O)c2ccccc2)[C@@H]1OC(=O)c1ccccc1)c1ccccc1. The molecule has 15 heteroatoms. The van der Waals surface area contributed by atoms with Gasteiger partial charge < -0.3 is 52.5 Å². The summed E-state index contributed by atoms with van der Waals surface area (Å²) in [6, 6.07) is 60.8. The van der Waals surface area contributed by atoms with Crippen molar-refractivity contribution in [3.8, 4) is 0 Å². The van der Waals surface area contributed by atoms with Crippen molar-refractivity contribution in [3.63, 3.8) is 0 Å². The maximum absolute atomic E-state index is 14.4. The minimum atomic E-state index is -2.38. The lowest BCUT2D eigenvalue weighted by atomic mass is 9.97. The molecule has 15 nitrogen and oxygen atoms in total. The van der Waals surface area contributed by atoms with Crippen LogP contribution in [0.4, 0.5) is 0 Å². The molecule has 76 heavy (non-hydrogen) atoms. The molecular weight excluding hydrogens is 973 g/mol. The molecule has 9 atom stereocenters. The molecule has 0 spiro atoms. The largest absolute Gasteiger partial charge is 0.459 e. The molecule has 2 aliphatic heterocycles. The van der Waals surface area contributed by atoms with Crippen molar-refractivity contribution >= 4 is 23.9 Å².